The molecule has 1 N–H and O–H groups in total. The number of hydrogen-bond donors (Lipinski definition) is 1. The van der Waals surface area contributed by atoms with Crippen molar-refractivity contribution in [3.8, 4) is 0 Å². The summed E-state index contributed by atoms with van der Waals surface area (Å²) >= 11 is 0. The van der Waals surface area contributed by atoms with Crippen molar-refractivity contribution in [2.75, 3.05) is 6.61 Å². The number of carbonyl (C=O) groups is 1. The van der Waals surface area contributed by atoms with Crippen molar-refractivity contribution in [1.29, 1.82) is 0 Å². The van der Waals surface area contributed by atoms with Crippen molar-refractivity contribution in [2.45, 2.75) is 45.6 Å². The fourth-order valence-electron chi connectivity index (χ4n) is 1.78. The molecule has 0 aromatic rings. The highest BCUT2D eigenvalue weighted by Gasteiger charge is 2.35. The van der Waals surface area contributed by atoms with Gasteiger partial charge in [0.1, 0.15) is 0 Å². The Morgan fingerprint density at radius 1 is 1.57 bits per heavy atom. The highest BCUT2D eigenvalue weighted by atomic mass is 16.5. The Morgan fingerprint density at radius 2 is 2.21 bits per heavy atom. The molecule has 0 amide bonds. The Balaban J connectivity index is 2.03. The summed E-state index contributed by atoms with van der Waals surface area (Å²) in [6.45, 7) is 5.13. The highest BCUT2D eigenvalue weighted by molar-refractivity contribution is 5.71. The standard InChI is InChI=1S/C11H20O3/c1-3-4-8(2)7-14-10-5-9(6-10)11(12)13/h8-10H,3-7H2,1-2H3,(H,12,13). The second-order valence-electron chi connectivity index (χ2n) is 4.36. The van der Waals surface area contributed by atoms with Gasteiger partial charge in [-0.05, 0) is 25.2 Å². The topological polar surface area (TPSA) is 46.5 Å². The van der Waals surface area contributed by atoms with Gasteiger partial charge in [0.2, 0.25) is 0 Å². The molecule has 0 aromatic heterocycles. The molecular formula is C11H20O3. The van der Waals surface area contributed by atoms with E-state index in [1.54, 1.807) is 0 Å². The third kappa shape index (κ3) is 3.29. The summed E-state index contributed by atoms with van der Waals surface area (Å²) in [7, 11) is 0. The maximum absolute atomic E-state index is 10.5. The molecule has 1 aliphatic rings. The smallest absolute Gasteiger partial charge is 0.306 e. The van der Waals surface area contributed by atoms with Crippen LogP contribution >= 0.6 is 0 Å². The van der Waals surface area contributed by atoms with Crippen LogP contribution in [0, 0.1) is 11.8 Å². The average Bonchev–Trinajstić information content (AvgIpc) is 2.01. The lowest BCUT2D eigenvalue weighted by molar-refractivity contribution is -0.151. The quantitative estimate of drug-likeness (QED) is 0.715. The Labute approximate surface area is 85.5 Å². The van der Waals surface area contributed by atoms with Crippen LogP contribution in [0.15, 0.2) is 0 Å². The molecule has 3 nitrogen and oxygen atoms in total. The molecule has 0 aliphatic heterocycles. The van der Waals surface area contributed by atoms with Crippen molar-refractivity contribution in [3.63, 3.8) is 0 Å². The van der Waals surface area contributed by atoms with Gasteiger partial charge in [0.05, 0.1) is 12.0 Å². The zero-order chi connectivity index (χ0) is 10.6. The van der Waals surface area contributed by atoms with Gasteiger partial charge in [-0.2, -0.15) is 0 Å². The van der Waals surface area contributed by atoms with Crippen LogP contribution in [-0.4, -0.2) is 23.8 Å². The molecule has 3 heteroatoms. The van der Waals surface area contributed by atoms with Crippen LogP contribution in [0.25, 0.3) is 0 Å². The summed E-state index contributed by atoms with van der Waals surface area (Å²) in [4.78, 5) is 10.5. The van der Waals surface area contributed by atoms with Crippen LogP contribution in [0.1, 0.15) is 39.5 Å². The second kappa shape index (κ2) is 5.35. The lowest BCUT2D eigenvalue weighted by atomic mass is 9.82. The van der Waals surface area contributed by atoms with Gasteiger partial charge < -0.3 is 9.84 Å². The predicted octanol–water partition coefficient (Wildman–Crippen LogP) is 2.30. The van der Waals surface area contributed by atoms with Gasteiger partial charge >= 0.3 is 5.97 Å². The Kier molecular flexibility index (Phi) is 4.39. The molecule has 1 aliphatic carbocycles. The van der Waals surface area contributed by atoms with Gasteiger partial charge in [0.25, 0.3) is 0 Å². The largest absolute Gasteiger partial charge is 0.481 e. The molecule has 14 heavy (non-hydrogen) atoms. The van der Waals surface area contributed by atoms with Gasteiger partial charge in [-0.1, -0.05) is 20.3 Å². The number of aliphatic carboxylic acids is 1. The molecule has 0 spiro atoms. The molecule has 82 valence electrons. The summed E-state index contributed by atoms with van der Waals surface area (Å²) in [5.74, 6) is -0.225. The zero-order valence-corrected chi connectivity index (χ0v) is 9.03. The predicted molar refractivity (Wildman–Crippen MR) is 54.2 cm³/mol. The third-order valence-electron chi connectivity index (χ3n) is 2.84. The summed E-state index contributed by atoms with van der Waals surface area (Å²) in [6.07, 6.45) is 3.99. The molecule has 1 saturated carbocycles. The van der Waals surface area contributed by atoms with E-state index in [1.807, 2.05) is 0 Å². The monoisotopic (exact) mass is 200 g/mol. The van der Waals surface area contributed by atoms with Gasteiger partial charge in [-0.25, -0.2) is 0 Å². The minimum Gasteiger partial charge on any atom is -0.481 e. The SMILES string of the molecule is CCCC(C)COC1CC(C(=O)O)C1. The molecule has 0 heterocycles. The average molecular weight is 200 g/mol. The van der Waals surface area contributed by atoms with E-state index in [0.717, 1.165) is 6.61 Å². The van der Waals surface area contributed by atoms with E-state index in [9.17, 15) is 4.79 Å². The second-order valence-corrected chi connectivity index (χ2v) is 4.36. The van der Waals surface area contributed by atoms with Gasteiger partial charge in [0, 0.05) is 6.61 Å². The minimum atomic E-state index is -0.675. The summed E-state index contributed by atoms with van der Waals surface area (Å²) in [5, 5.41) is 8.66. The van der Waals surface area contributed by atoms with E-state index in [0.29, 0.717) is 18.8 Å². The normalized spacial score (nSPS) is 28.1. The van der Waals surface area contributed by atoms with Gasteiger partial charge in [0.15, 0.2) is 0 Å². The minimum absolute atomic E-state index is 0.151. The summed E-state index contributed by atoms with van der Waals surface area (Å²) in [5.41, 5.74) is 0. The first kappa shape index (κ1) is 11.5. The van der Waals surface area contributed by atoms with Crippen molar-refractivity contribution >= 4 is 5.97 Å². The lowest BCUT2D eigenvalue weighted by Gasteiger charge is -2.32. The maximum atomic E-state index is 10.5. The van der Waals surface area contributed by atoms with E-state index in [2.05, 4.69) is 13.8 Å². The van der Waals surface area contributed by atoms with Crippen molar-refractivity contribution in [1.82, 2.24) is 0 Å². The number of hydrogen-bond acceptors (Lipinski definition) is 2. The first-order valence-electron chi connectivity index (χ1n) is 5.47. The van der Waals surface area contributed by atoms with E-state index >= 15 is 0 Å². The third-order valence-corrected chi connectivity index (χ3v) is 2.84. The first-order chi connectivity index (χ1) is 6.63. The fourth-order valence-corrected chi connectivity index (χ4v) is 1.78. The van der Waals surface area contributed by atoms with Crippen LogP contribution in [-0.2, 0) is 9.53 Å². The van der Waals surface area contributed by atoms with Crippen LogP contribution in [0.3, 0.4) is 0 Å². The number of carboxylic acid groups (broad SMARTS) is 1. The van der Waals surface area contributed by atoms with Crippen LogP contribution in [0.2, 0.25) is 0 Å². The van der Waals surface area contributed by atoms with E-state index in [4.69, 9.17) is 9.84 Å². The molecule has 0 bridgehead atoms. The van der Waals surface area contributed by atoms with E-state index in [-0.39, 0.29) is 12.0 Å². The number of carboxylic acids is 1. The van der Waals surface area contributed by atoms with Crippen LogP contribution in [0.5, 0.6) is 0 Å². The Bertz CT molecular complexity index is 185. The molecule has 0 saturated heterocycles. The van der Waals surface area contributed by atoms with E-state index in [1.165, 1.54) is 12.8 Å². The summed E-state index contributed by atoms with van der Waals surface area (Å²) in [6, 6.07) is 0. The fraction of sp³-hybridized carbons (Fsp3) is 0.909. The first-order valence-corrected chi connectivity index (χ1v) is 5.47. The van der Waals surface area contributed by atoms with E-state index < -0.39 is 5.97 Å². The molecule has 0 radical (unpaired) electrons. The molecule has 0 aromatic carbocycles. The lowest BCUT2D eigenvalue weighted by Crippen LogP contribution is -2.37. The Hall–Kier alpha value is -0.570. The molecule has 1 fully saturated rings. The Morgan fingerprint density at radius 3 is 2.71 bits per heavy atom. The summed E-state index contributed by atoms with van der Waals surface area (Å²) < 4.78 is 5.61. The molecule has 1 unspecified atom stereocenters. The zero-order valence-electron chi connectivity index (χ0n) is 9.03. The van der Waals surface area contributed by atoms with Crippen LogP contribution < -0.4 is 0 Å². The maximum Gasteiger partial charge on any atom is 0.306 e. The molecule has 1 atom stereocenters. The van der Waals surface area contributed by atoms with Crippen molar-refractivity contribution in [2.24, 2.45) is 11.8 Å². The number of ether oxygens (including phenoxy) is 1. The molecular weight excluding hydrogens is 180 g/mol. The van der Waals surface area contributed by atoms with Gasteiger partial charge in [-0.3, -0.25) is 4.79 Å². The highest BCUT2D eigenvalue weighted by Crippen LogP contribution is 2.30. The molecule has 1 rings (SSSR count). The van der Waals surface area contributed by atoms with Crippen molar-refractivity contribution < 1.29 is 14.6 Å². The number of rotatable bonds is 6. The van der Waals surface area contributed by atoms with Crippen molar-refractivity contribution in [3.05, 3.63) is 0 Å². The van der Waals surface area contributed by atoms with Crippen LogP contribution in [0.4, 0.5) is 0 Å². The van der Waals surface area contributed by atoms with Gasteiger partial charge in [-0.15, -0.1) is 0 Å².